The molecule has 3 rings (SSSR count). The number of unbranched alkanes of at least 4 members (excludes halogenated alkanes) is 3. The first-order valence-corrected chi connectivity index (χ1v) is 9.48. The van der Waals surface area contributed by atoms with E-state index in [0.717, 1.165) is 54.3 Å². The summed E-state index contributed by atoms with van der Waals surface area (Å²) in [6, 6.07) is 18.4. The Morgan fingerprint density at radius 3 is 2.70 bits per heavy atom. The van der Waals surface area contributed by atoms with Crippen LogP contribution in [0.3, 0.4) is 0 Å². The Hall–Kier alpha value is -2.88. The van der Waals surface area contributed by atoms with Crippen molar-refractivity contribution in [1.82, 2.24) is 4.98 Å². The fraction of sp³-hybridized carbons (Fsp3) is 0.304. The molecule has 3 aromatic rings. The Kier molecular flexibility index (Phi) is 6.80. The van der Waals surface area contributed by atoms with Gasteiger partial charge in [0.25, 0.3) is 0 Å². The Bertz CT molecular complexity index is 891. The topological polar surface area (TPSA) is 59.4 Å². The number of fused-ring (bicyclic) bond motifs is 1. The first kappa shape index (κ1) is 18.9. The third kappa shape index (κ3) is 5.81. The molecule has 0 saturated carbocycles. The second kappa shape index (κ2) is 9.72. The van der Waals surface area contributed by atoms with Crippen LogP contribution in [0.5, 0.6) is 5.75 Å². The number of hydrogen-bond acceptors (Lipinski definition) is 3. The lowest BCUT2D eigenvalue weighted by Crippen LogP contribution is -1.99. The number of aromatic nitrogens is 1. The third-order valence-corrected chi connectivity index (χ3v) is 4.62. The SMILES string of the molecule is O=C(O)CCCCCCc1ccccc1OCc1ccc2cccnc2c1. The fourth-order valence-corrected chi connectivity index (χ4v) is 3.16. The average Bonchev–Trinajstić information content (AvgIpc) is 2.69. The lowest BCUT2D eigenvalue weighted by molar-refractivity contribution is -0.137. The molecule has 0 aliphatic rings. The van der Waals surface area contributed by atoms with Crippen molar-refractivity contribution < 1.29 is 14.6 Å². The highest BCUT2D eigenvalue weighted by Gasteiger charge is 2.05. The summed E-state index contributed by atoms with van der Waals surface area (Å²) < 4.78 is 6.08. The van der Waals surface area contributed by atoms with E-state index in [1.807, 2.05) is 24.3 Å². The molecule has 0 unspecified atom stereocenters. The number of carbonyl (C=O) groups is 1. The largest absolute Gasteiger partial charge is 0.489 e. The number of benzene rings is 2. The summed E-state index contributed by atoms with van der Waals surface area (Å²) in [5.41, 5.74) is 3.28. The Morgan fingerprint density at radius 2 is 1.81 bits per heavy atom. The number of para-hydroxylation sites is 1. The number of ether oxygens (including phenoxy) is 1. The van der Waals surface area contributed by atoms with Gasteiger partial charge in [-0.15, -0.1) is 0 Å². The first-order valence-electron chi connectivity index (χ1n) is 9.48. The zero-order valence-corrected chi connectivity index (χ0v) is 15.4. The average molecular weight is 363 g/mol. The molecule has 0 saturated heterocycles. The van der Waals surface area contributed by atoms with E-state index in [1.54, 1.807) is 6.20 Å². The van der Waals surface area contributed by atoms with E-state index in [0.29, 0.717) is 6.61 Å². The van der Waals surface area contributed by atoms with Gasteiger partial charge in [-0.1, -0.05) is 49.2 Å². The van der Waals surface area contributed by atoms with Gasteiger partial charge in [0.1, 0.15) is 12.4 Å². The highest BCUT2D eigenvalue weighted by Crippen LogP contribution is 2.22. The van der Waals surface area contributed by atoms with Crippen LogP contribution in [0, 0.1) is 0 Å². The monoisotopic (exact) mass is 363 g/mol. The van der Waals surface area contributed by atoms with E-state index in [9.17, 15) is 4.79 Å². The van der Waals surface area contributed by atoms with Crippen LogP contribution in [-0.4, -0.2) is 16.1 Å². The van der Waals surface area contributed by atoms with E-state index >= 15 is 0 Å². The minimum absolute atomic E-state index is 0.264. The van der Waals surface area contributed by atoms with Crippen molar-refractivity contribution >= 4 is 16.9 Å². The third-order valence-electron chi connectivity index (χ3n) is 4.62. The predicted octanol–water partition coefficient (Wildman–Crippen LogP) is 5.39. The molecule has 0 atom stereocenters. The number of carboxylic acid groups (broad SMARTS) is 1. The maximum atomic E-state index is 10.5. The summed E-state index contributed by atoms with van der Waals surface area (Å²) in [5.74, 6) is 0.210. The van der Waals surface area contributed by atoms with Crippen LogP contribution in [0.2, 0.25) is 0 Å². The second-order valence-corrected chi connectivity index (χ2v) is 6.73. The molecule has 2 aromatic carbocycles. The molecule has 0 radical (unpaired) electrons. The van der Waals surface area contributed by atoms with Gasteiger partial charge in [0.2, 0.25) is 0 Å². The molecule has 1 heterocycles. The minimum atomic E-state index is -0.711. The normalized spacial score (nSPS) is 10.8. The number of aliphatic carboxylic acids is 1. The van der Waals surface area contributed by atoms with Crippen LogP contribution >= 0.6 is 0 Å². The minimum Gasteiger partial charge on any atom is -0.489 e. The van der Waals surface area contributed by atoms with Gasteiger partial charge in [-0.25, -0.2) is 0 Å². The molecule has 27 heavy (non-hydrogen) atoms. The summed E-state index contributed by atoms with van der Waals surface area (Å²) in [7, 11) is 0. The van der Waals surface area contributed by atoms with E-state index < -0.39 is 5.97 Å². The molecule has 0 aliphatic heterocycles. The van der Waals surface area contributed by atoms with Gasteiger partial charge in [0.15, 0.2) is 0 Å². The van der Waals surface area contributed by atoms with E-state index in [2.05, 4.69) is 35.3 Å². The van der Waals surface area contributed by atoms with Crippen LogP contribution in [-0.2, 0) is 17.8 Å². The van der Waals surface area contributed by atoms with Crippen LogP contribution in [0.25, 0.3) is 10.9 Å². The number of hydrogen-bond donors (Lipinski definition) is 1. The highest BCUT2D eigenvalue weighted by molar-refractivity contribution is 5.78. The zero-order chi connectivity index (χ0) is 18.9. The molecule has 0 amide bonds. The molecular formula is C23H25NO3. The lowest BCUT2D eigenvalue weighted by atomic mass is 10.0. The van der Waals surface area contributed by atoms with Crippen molar-refractivity contribution in [2.45, 2.75) is 45.1 Å². The van der Waals surface area contributed by atoms with E-state index in [4.69, 9.17) is 9.84 Å². The number of aryl methyl sites for hydroxylation is 1. The van der Waals surface area contributed by atoms with Crippen molar-refractivity contribution in [2.24, 2.45) is 0 Å². The summed E-state index contributed by atoms with van der Waals surface area (Å²) in [6.07, 6.45) is 6.81. The first-order chi connectivity index (χ1) is 13.2. The molecule has 1 N–H and O–H groups in total. The molecule has 0 aliphatic carbocycles. The molecule has 0 bridgehead atoms. The van der Waals surface area contributed by atoms with Gasteiger partial charge in [-0.2, -0.15) is 0 Å². The van der Waals surface area contributed by atoms with Crippen molar-refractivity contribution in [3.05, 3.63) is 71.9 Å². The van der Waals surface area contributed by atoms with E-state index in [-0.39, 0.29) is 6.42 Å². The van der Waals surface area contributed by atoms with Gasteiger partial charge in [0, 0.05) is 18.0 Å². The van der Waals surface area contributed by atoms with Crippen molar-refractivity contribution in [1.29, 1.82) is 0 Å². The number of pyridine rings is 1. The van der Waals surface area contributed by atoms with Gasteiger partial charge >= 0.3 is 5.97 Å². The zero-order valence-electron chi connectivity index (χ0n) is 15.4. The summed E-state index contributed by atoms with van der Waals surface area (Å²) in [6.45, 7) is 0.516. The summed E-state index contributed by atoms with van der Waals surface area (Å²) in [5, 5.41) is 9.80. The molecular weight excluding hydrogens is 338 g/mol. The van der Waals surface area contributed by atoms with Crippen LogP contribution in [0.15, 0.2) is 60.8 Å². The Morgan fingerprint density at radius 1 is 0.963 bits per heavy atom. The number of rotatable bonds is 10. The summed E-state index contributed by atoms with van der Waals surface area (Å²) >= 11 is 0. The van der Waals surface area contributed by atoms with Crippen molar-refractivity contribution in [2.75, 3.05) is 0 Å². The molecule has 4 heteroatoms. The van der Waals surface area contributed by atoms with Gasteiger partial charge in [0.05, 0.1) is 5.52 Å². The second-order valence-electron chi connectivity index (χ2n) is 6.73. The predicted molar refractivity (Wildman–Crippen MR) is 107 cm³/mol. The fourth-order valence-electron chi connectivity index (χ4n) is 3.16. The van der Waals surface area contributed by atoms with E-state index in [1.165, 1.54) is 5.56 Å². The van der Waals surface area contributed by atoms with Gasteiger partial charge in [-0.05, 0) is 48.6 Å². The number of nitrogens with zero attached hydrogens (tertiary/aromatic N) is 1. The Labute approximate surface area is 159 Å². The quantitative estimate of drug-likeness (QED) is 0.491. The molecule has 1 aromatic heterocycles. The smallest absolute Gasteiger partial charge is 0.303 e. The highest BCUT2D eigenvalue weighted by atomic mass is 16.5. The summed E-state index contributed by atoms with van der Waals surface area (Å²) in [4.78, 5) is 14.9. The molecule has 0 fully saturated rings. The molecule has 4 nitrogen and oxygen atoms in total. The van der Waals surface area contributed by atoms with Gasteiger partial charge in [-0.3, -0.25) is 9.78 Å². The maximum Gasteiger partial charge on any atom is 0.303 e. The lowest BCUT2D eigenvalue weighted by Gasteiger charge is -2.12. The van der Waals surface area contributed by atoms with Crippen molar-refractivity contribution in [3.63, 3.8) is 0 Å². The molecule has 0 spiro atoms. The van der Waals surface area contributed by atoms with Crippen molar-refractivity contribution in [3.8, 4) is 5.75 Å². The molecule has 140 valence electrons. The van der Waals surface area contributed by atoms with Crippen LogP contribution < -0.4 is 4.74 Å². The van der Waals surface area contributed by atoms with Gasteiger partial charge < -0.3 is 9.84 Å². The number of carboxylic acids is 1. The van der Waals surface area contributed by atoms with Crippen LogP contribution in [0.1, 0.15) is 43.2 Å². The maximum absolute atomic E-state index is 10.5. The standard InChI is InChI=1S/C23H25NO3/c25-23(26)12-4-2-1-3-8-20-9-5-6-11-22(20)27-17-18-13-14-19-10-7-15-24-21(19)16-18/h5-7,9-11,13-16H,1-4,8,12,17H2,(H,25,26). The van der Waals surface area contributed by atoms with Crippen LogP contribution in [0.4, 0.5) is 0 Å². The Balaban J connectivity index is 1.53.